The van der Waals surface area contributed by atoms with Crippen LogP contribution in [0, 0.1) is 6.92 Å². The van der Waals surface area contributed by atoms with E-state index in [2.05, 4.69) is 12.0 Å². The first-order valence-electron chi connectivity index (χ1n) is 7.18. The number of nitrogens with two attached hydrogens (primary N) is 1. The molecule has 2 N–H and O–H groups in total. The van der Waals surface area contributed by atoms with E-state index in [1.165, 1.54) is 0 Å². The summed E-state index contributed by atoms with van der Waals surface area (Å²) in [7, 11) is 1.79. The second kappa shape index (κ2) is 6.54. The maximum absolute atomic E-state index is 12.8. The van der Waals surface area contributed by atoms with E-state index in [1.54, 1.807) is 16.6 Å². The molecule has 0 spiro atoms. The summed E-state index contributed by atoms with van der Waals surface area (Å²) in [5, 5.41) is 4.25. The Bertz CT molecular complexity index is 616. The zero-order valence-electron chi connectivity index (χ0n) is 12.8. The van der Waals surface area contributed by atoms with Crippen molar-refractivity contribution in [3.8, 4) is 0 Å². The summed E-state index contributed by atoms with van der Waals surface area (Å²) in [6.45, 7) is 5.12. The second-order valence-corrected chi connectivity index (χ2v) is 5.12. The van der Waals surface area contributed by atoms with Crippen LogP contribution in [0.15, 0.2) is 30.3 Å². The molecule has 0 aliphatic carbocycles. The highest BCUT2D eigenvalue weighted by Gasteiger charge is 2.20. The number of amides is 1. The SMILES string of the molecule is CCCN(C(=O)c1cc(C)nn1C)c1ccc(CN)cc1. The van der Waals surface area contributed by atoms with Crippen molar-refractivity contribution in [3.05, 3.63) is 47.3 Å². The van der Waals surface area contributed by atoms with E-state index in [1.807, 2.05) is 37.3 Å². The molecule has 0 fully saturated rings. The van der Waals surface area contributed by atoms with Gasteiger partial charge in [-0.05, 0) is 37.1 Å². The van der Waals surface area contributed by atoms with Crippen LogP contribution in [0.2, 0.25) is 0 Å². The predicted octanol–water partition coefficient (Wildman–Crippen LogP) is 2.24. The number of aryl methyl sites for hydroxylation is 2. The standard InChI is InChI=1S/C16H22N4O/c1-4-9-20(14-7-5-13(11-17)6-8-14)16(21)15-10-12(2)18-19(15)3/h5-8,10H,4,9,11,17H2,1-3H3. The Morgan fingerprint density at radius 1 is 1.33 bits per heavy atom. The van der Waals surface area contributed by atoms with Gasteiger partial charge >= 0.3 is 0 Å². The van der Waals surface area contributed by atoms with Crippen molar-refractivity contribution < 1.29 is 4.79 Å². The van der Waals surface area contributed by atoms with Crippen molar-refractivity contribution in [3.63, 3.8) is 0 Å². The smallest absolute Gasteiger partial charge is 0.276 e. The van der Waals surface area contributed by atoms with Gasteiger partial charge in [0.15, 0.2) is 0 Å². The minimum atomic E-state index is -0.0274. The fraction of sp³-hybridized carbons (Fsp3) is 0.375. The number of anilines is 1. The van der Waals surface area contributed by atoms with Crippen molar-refractivity contribution in [2.75, 3.05) is 11.4 Å². The van der Waals surface area contributed by atoms with E-state index < -0.39 is 0 Å². The number of hydrogen-bond acceptors (Lipinski definition) is 3. The number of carbonyl (C=O) groups excluding carboxylic acids is 1. The highest BCUT2D eigenvalue weighted by Crippen LogP contribution is 2.19. The lowest BCUT2D eigenvalue weighted by atomic mass is 10.2. The molecule has 0 aliphatic heterocycles. The molecule has 2 aromatic rings. The van der Waals surface area contributed by atoms with Gasteiger partial charge in [0, 0.05) is 25.8 Å². The third-order valence-corrected chi connectivity index (χ3v) is 3.40. The lowest BCUT2D eigenvalue weighted by Crippen LogP contribution is -2.33. The van der Waals surface area contributed by atoms with E-state index >= 15 is 0 Å². The molecule has 0 radical (unpaired) electrons. The normalized spacial score (nSPS) is 10.7. The van der Waals surface area contributed by atoms with Gasteiger partial charge in [-0.3, -0.25) is 9.48 Å². The third-order valence-electron chi connectivity index (χ3n) is 3.40. The maximum Gasteiger partial charge on any atom is 0.276 e. The molecule has 2 rings (SSSR count). The van der Waals surface area contributed by atoms with Crippen LogP contribution >= 0.6 is 0 Å². The zero-order valence-corrected chi connectivity index (χ0v) is 12.8. The molecule has 1 aromatic heterocycles. The molecule has 0 saturated heterocycles. The largest absolute Gasteiger partial charge is 0.326 e. The summed E-state index contributed by atoms with van der Waals surface area (Å²) >= 11 is 0. The van der Waals surface area contributed by atoms with Crippen LogP contribution in [0.1, 0.15) is 35.1 Å². The van der Waals surface area contributed by atoms with Crippen molar-refractivity contribution in [2.45, 2.75) is 26.8 Å². The molecule has 112 valence electrons. The summed E-state index contributed by atoms with van der Waals surface area (Å²) in [4.78, 5) is 14.6. The van der Waals surface area contributed by atoms with Crippen LogP contribution in [-0.4, -0.2) is 22.2 Å². The average Bonchev–Trinajstić information content (AvgIpc) is 2.83. The molecule has 1 amide bonds. The van der Waals surface area contributed by atoms with Gasteiger partial charge in [0.05, 0.1) is 5.69 Å². The number of carbonyl (C=O) groups is 1. The Labute approximate surface area is 125 Å². The fourth-order valence-corrected chi connectivity index (χ4v) is 2.33. The van der Waals surface area contributed by atoms with Crippen LogP contribution < -0.4 is 10.6 Å². The second-order valence-electron chi connectivity index (χ2n) is 5.12. The van der Waals surface area contributed by atoms with Gasteiger partial charge in [-0.15, -0.1) is 0 Å². The number of aromatic nitrogens is 2. The first kappa shape index (κ1) is 15.3. The van der Waals surface area contributed by atoms with Gasteiger partial charge in [0.1, 0.15) is 5.69 Å². The molecule has 0 saturated carbocycles. The minimum Gasteiger partial charge on any atom is -0.326 e. The van der Waals surface area contributed by atoms with Gasteiger partial charge in [0.25, 0.3) is 5.91 Å². The van der Waals surface area contributed by atoms with E-state index in [9.17, 15) is 4.79 Å². The first-order valence-corrected chi connectivity index (χ1v) is 7.18. The zero-order chi connectivity index (χ0) is 15.4. The molecule has 5 nitrogen and oxygen atoms in total. The molecule has 0 bridgehead atoms. The summed E-state index contributed by atoms with van der Waals surface area (Å²) in [6.07, 6.45) is 0.890. The van der Waals surface area contributed by atoms with E-state index in [4.69, 9.17) is 5.73 Å². The molecular formula is C16H22N4O. The Morgan fingerprint density at radius 2 is 2.00 bits per heavy atom. The number of nitrogens with zero attached hydrogens (tertiary/aromatic N) is 3. The molecule has 1 aromatic carbocycles. The summed E-state index contributed by atoms with van der Waals surface area (Å²) in [5.74, 6) is -0.0274. The molecule has 5 heteroatoms. The molecule has 21 heavy (non-hydrogen) atoms. The average molecular weight is 286 g/mol. The van der Waals surface area contributed by atoms with Crippen molar-refractivity contribution in [1.29, 1.82) is 0 Å². The highest BCUT2D eigenvalue weighted by atomic mass is 16.2. The van der Waals surface area contributed by atoms with Crippen LogP contribution in [0.3, 0.4) is 0 Å². The number of hydrogen-bond donors (Lipinski definition) is 1. The lowest BCUT2D eigenvalue weighted by molar-refractivity contribution is 0.0978. The van der Waals surface area contributed by atoms with Crippen LogP contribution in [0.25, 0.3) is 0 Å². The van der Waals surface area contributed by atoms with E-state index in [0.29, 0.717) is 18.8 Å². The quantitative estimate of drug-likeness (QED) is 0.917. The Hall–Kier alpha value is -2.14. The van der Waals surface area contributed by atoms with Gasteiger partial charge in [0.2, 0.25) is 0 Å². The van der Waals surface area contributed by atoms with Gasteiger partial charge in [-0.2, -0.15) is 5.10 Å². The van der Waals surface area contributed by atoms with E-state index in [0.717, 1.165) is 23.4 Å². The van der Waals surface area contributed by atoms with Crippen molar-refractivity contribution in [2.24, 2.45) is 12.8 Å². The maximum atomic E-state index is 12.8. The lowest BCUT2D eigenvalue weighted by Gasteiger charge is -2.22. The van der Waals surface area contributed by atoms with Gasteiger partial charge in [-0.25, -0.2) is 0 Å². The van der Waals surface area contributed by atoms with Gasteiger partial charge in [-0.1, -0.05) is 19.1 Å². The Kier molecular flexibility index (Phi) is 4.75. The molecule has 0 atom stereocenters. The molecule has 1 heterocycles. The Morgan fingerprint density at radius 3 is 2.48 bits per heavy atom. The van der Waals surface area contributed by atoms with Crippen LogP contribution in [0.4, 0.5) is 5.69 Å². The van der Waals surface area contributed by atoms with Gasteiger partial charge < -0.3 is 10.6 Å². The summed E-state index contributed by atoms with van der Waals surface area (Å²) < 4.78 is 1.63. The predicted molar refractivity (Wildman–Crippen MR) is 84.2 cm³/mol. The first-order chi connectivity index (χ1) is 10.1. The number of rotatable bonds is 5. The molecule has 0 unspecified atom stereocenters. The molecule has 0 aliphatic rings. The van der Waals surface area contributed by atoms with Crippen molar-refractivity contribution in [1.82, 2.24) is 9.78 Å². The fourth-order valence-electron chi connectivity index (χ4n) is 2.33. The van der Waals surface area contributed by atoms with Crippen LogP contribution in [-0.2, 0) is 13.6 Å². The van der Waals surface area contributed by atoms with E-state index in [-0.39, 0.29) is 5.91 Å². The summed E-state index contributed by atoms with van der Waals surface area (Å²) in [5.41, 5.74) is 9.00. The number of benzene rings is 1. The minimum absolute atomic E-state index is 0.0274. The molecular weight excluding hydrogens is 264 g/mol. The Balaban J connectivity index is 2.33. The highest BCUT2D eigenvalue weighted by molar-refractivity contribution is 6.05. The topological polar surface area (TPSA) is 64.2 Å². The van der Waals surface area contributed by atoms with Crippen LogP contribution in [0.5, 0.6) is 0 Å². The summed E-state index contributed by atoms with van der Waals surface area (Å²) in [6, 6.07) is 9.62. The third kappa shape index (κ3) is 3.31. The van der Waals surface area contributed by atoms with Crippen molar-refractivity contribution >= 4 is 11.6 Å². The monoisotopic (exact) mass is 286 g/mol.